The van der Waals surface area contributed by atoms with Gasteiger partial charge in [0.25, 0.3) is 11.7 Å². The summed E-state index contributed by atoms with van der Waals surface area (Å²) in [7, 11) is 0. The van der Waals surface area contributed by atoms with Crippen LogP contribution >= 0.6 is 11.6 Å². The molecule has 0 aliphatic carbocycles. The van der Waals surface area contributed by atoms with Crippen LogP contribution in [0.4, 0.5) is 14.5 Å². The zero-order valence-electron chi connectivity index (χ0n) is 7.17. The molecule has 1 heterocycles. The van der Waals surface area contributed by atoms with E-state index in [4.69, 9.17) is 22.6 Å². The first kappa shape index (κ1) is 11.3. The summed E-state index contributed by atoms with van der Waals surface area (Å²) in [5, 5.41) is 7.48. The number of carbonyl (C=O) groups is 1. The Hall–Kier alpha value is -1.74. The van der Waals surface area contributed by atoms with Gasteiger partial charge in [-0.05, 0) is 17.7 Å². The number of alkyl halides is 2. The van der Waals surface area contributed by atoms with Crippen LogP contribution in [0.1, 0.15) is 28.2 Å². The van der Waals surface area contributed by atoms with Crippen molar-refractivity contribution in [1.29, 1.82) is 5.26 Å². The van der Waals surface area contributed by atoms with Gasteiger partial charge in [0.2, 0.25) is 0 Å². The smallest absolute Gasteiger partial charge is 0.281 e. The van der Waals surface area contributed by atoms with Crippen molar-refractivity contribution in [1.82, 2.24) is 4.98 Å². The van der Waals surface area contributed by atoms with E-state index in [1.165, 1.54) is 6.07 Å². The van der Waals surface area contributed by atoms with Crippen LogP contribution in [0.3, 0.4) is 0 Å². The molecule has 0 fully saturated rings. The summed E-state index contributed by atoms with van der Waals surface area (Å²) in [5.41, 5.74) is 3.47. The number of rotatable bonds is 2. The predicted octanol–water partition coefficient (Wildman–Crippen LogP) is 1.85. The Morgan fingerprint density at radius 2 is 2.27 bits per heavy atom. The number of anilines is 1. The molecule has 0 bridgehead atoms. The molecule has 0 saturated carbocycles. The van der Waals surface area contributed by atoms with Crippen molar-refractivity contribution < 1.29 is 13.6 Å². The average molecular weight is 232 g/mol. The summed E-state index contributed by atoms with van der Waals surface area (Å²) < 4.78 is 24.8. The van der Waals surface area contributed by atoms with Crippen molar-refractivity contribution in [3.63, 3.8) is 0 Å². The molecule has 0 spiro atoms. The van der Waals surface area contributed by atoms with E-state index in [0.717, 1.165) is 6.07 Å². The summed E-state index contributed by atoms with van der Waals surface area (Å²) >= 11 is 5.07. The molecule has 0 aliphatic rings. The Morgan fingerprint density at radius 3 is 2.67 bits per heavy atom. The van der Waals surface area contributed by atoms with Gasteiger partial charge in [-0.2, -0.15) is 5.26 Å². The lowest BCUT2D eigenvalue weighted by Gasteiger charge is -2.05. The Morgan fingerprint density at radius 1 is 1.67 bits per heavy atom. The van der Waals surface area contributed by atoms with E-state index in [0.29, 0.717) is 0 Å². The molecular weight excluding hydrogens is 228 g/mol. The minimum Gasteiger partial charge on any atom is -0.397 e. The van der Waals surface area contributed by atoms with Crippen LogP contribution in [-0.2, 0) is 0 Å². The first-order valence-electron chi connectivity index (χ1n) is 3.66. The minimum absolute atomic E-state index is 0.198. The molecule has 0 aliphatic heterocycles. The summed E-state index contributed by atoms with van der Waals surface area (Å²) in [6, 6.07) is 2.46. The van der Waals surface area contributed by atoms with Gasteiger partial charge in [-0.15, -0.1) is 0 Å². The lowest BCUT2D eigenvalue weighted by molar-refractivity contribution is 0.107. The quantitative estimate of drug-likeness (QED) is 0.788. The third kappa shape index (κ3) is 2.19. The highest BCUT2D eigenvalue weighted by Crippen LogP contribution is 2.24. The zero-order chi connectivity index (χ0) is 11.6. The molecule has 0 amide bonds. The van der Waals surface area contributed by atoms with Gasteiger partial charge in [0, 0.05) is 0 Å². The molecule has 78 valence electrons. The summed E-state index contributed by atoms with van der Waals surface area (Å²) in [6.45, 7) is 0. The lowest BCUT2D eigenvalue weighted by Crippen LogP contribution is -2.07. The monoisotopic (exact) mass is 231 g/mol. The molecule has 4 nitrogen and oxygen atoms in total. The van der Waals surface area contributed by atoms with Crippen molar-refractivity contribution in [2.45, 2.75) is 6.43 Å². The Kier molecular flexibility index (Phi) is 3.17. The molecule has 1 aromatic rings. The van der Waals surface area contributed by atoms with Crippen LogP contribution in [0.25, 0.3) is 0 Å². The molecule has 0 unspecified atom stereocenters. The van der Waals surface area contributed by atoms with Crippen LogP contribution in [0.15, 0.2) is 6.07 Å². The molecule has 0 radical (unpaired) electrons. The van der Waals surface area contributed by atoms with Crippen molar-refractivity contribution in [2.75, 3.05) is 5.73 Å². The SMILES string of the molecule is N#Cc1cc(N)c(C(=O)Cl)nc1C(F)F. The number of halogens is 3. The van der Waals surface area contributed by atoms with Gasteiger partial charge in [0.1, 0.15) is 17.5 Å². The number of nitrogens with zero attached hydrogens (tertiary/aromatic N) is 2. The van der Waals surface area contributed by atoms with Gasteiger partial charge >= 0.3 is 0 Å². The fourth-order valence-corrected chi connectivity index (χ4v) is 1.11. The highest BCUT2D eigenvalue weighted by Gasteiger charge is 2.20. The molecule has 0 atom stereocenters. The largest absolute Gasteiger partial charge is 0.397 e. The number of nitriles is 1. The molecule has 7 heteroatoms. The van der Waals surface area contributed by atoms with E-state index in [1.54, 1.807) is 0 Å². The van der Waals surface area contributed by atoms with Crippen molar-refractivity contribution in [2.24, 2.45) is 0 Å². The molecule has 1 rings (SSSR count). The van der Waals surface area contributed by atoms with Gasteiger partial charge in [0.05, 0.1) is 11.3 Å². The number of nitrogens with two attached hydrogens (primary N) is 1. The zero-order valence-corrected chi connectivity index (χ0v) is 7.92. The number of hydrogen-bond donors (Lipinski definition) is 1. The van der Waals surface area contributed by atoms with Crippen molar-refractivity contribution in [3.05, 3.63) is 23.0 Å². The van der Waals surface area contributed by atoms with Gasteiger partial charge in [-0.25, -0.2) is 13.8 Å². The fourth-order valence-electron chi connectivity index (χ4n) is 0.956. The van der Waals surface area contributed by atoms with Gasteiger partial charge < -0.3 is 5.73 Å². The van der Waals surface area contributed by atoms with Gasteiger partial charge in [-0.3, -0.25) is 4.79 Å². The van der Waals surface area contributed by atoms with E-state index >= 15 is 0 Å². The summed E-state index contributed by atoms with van der Waals surface area (Å²) in [4.78, 5) is 14.0. The second-order valence-corrected chi connectivity index (χ2v) is 2.89. The Balaban J connectivity index is 3.45. The highest BCUT2D eigenvalue weighted by atomic mass is 35.5. The first-order valence-corrected chi connectivity index (χ1v) is 4.03. The average Bonchev–Trinajstić information content (AvgIpc) is 2.16. The number of aromatic nitrogens is 1. The standard InChI is InChI=1S/C8H4ClF2N3O/c9-7(15)6-4(13)1-3(2-12)5(14-6)8(10)11/h1,8H,13H2. The van der Waals surface area contributed by atoms with Crippen LogP contribution in [-0.4, -0.2) is 10.2 Å². The number of carbonyl (C=O) groups excluding carboxylic acids is 1. The highest BCUT2D eigenvalue weighted by molar-refractivity contribution is 6.68. The van der Waals surface area contributed by atoms with Gasteiger partial charge in [-0.1, -0.05) is 0 Å². The van der Waals surface area contributed by atoms with E-state index in [1.807, 2.05) is 0 Å². The third-order valence-electron chi connectivity index (χ3n) is 1.59. The van der Waals surface area contributed by atoms with Crippen LogP contribution in [0.5, 0.6) is 0 Å². The number of nitrogen functional groups attached to an aromatic ring is 1. The maximum absolute atomic E-state index is 12.4. The molecule has 0 aromatic carbocycles. The maximum Gasteiger partial charge on any atom is 0.281 e. The Bertz CT molecular complexity index is 456. The maximum atomic E-state index is 12.4. The summed E-state index contributed by atoms with van der Waals surface area (Å²) in [5.74, 6) is 0. The fraction of sp³-hybridized carbons (Fsp3) is 0.125. The van der Waals surface area contributed by atoms with Crippen LogP contribution in [0, 0.1) is 11.3 Å². The van der Waals surface area contributed by atoms with Crippen molar-refractivity contribution in [3.8, 4) is 6.07 Å². The molecule has 15 heavy (non-hydrogen) atoms. The van der Waals surface area contributed by atoms with Crippen LogP contribution in [0.2, 0.25) is 0 Å². The normalized spacial score (nSPS) is 10.1. The van der Waals surface area contributed by atoms with E-state index in [2.05, 4.69) is 4.98 Å². The molecular formula is C8H4ClF2N3O. The summed E-state index contributed by atoms with van der Waals surface area (Å²) in [6.07, 6.45) is -2.96. The third-order valence-corrected chi connectivity index (χ3v) is 1.77. The molecule has 2 N–H and O–H groups in total. The van der Waals surface area contributed by atoms with Crippen LogP contribution < -0.4 is 5.73 Å². The van der Waals surface area contributed by atoms with Gasteiger partial charge in [0.15, 0.2) is 0 Å². The Labute approximate surface area is 88.3 Å². The second kappa shape index (κ2) is 4.19. The van der Waals surface area contributed by atoms with E-state index in [-0.39, 0.29) is 11.3 Å². The van der Waals surface area contributed by atoms with E-state index in [9.17, 15) is 13.6 Å². The lowest BCUT2D eigenvalue weighted by atomic mass is 10.1. The molecule has 1 aromatic heterocycles. The second-order valence-electron chi connectivity index (χ2n) is 2.55. The number of hydrogen-bond acceptors (Lipinski definition) is 4. The topological polar surface area (TPSA) is 79.8 Å². The van der Waals surface area contributed by atoms with Crippen molar-refractivity contribution >= 4 is 22.5 Å². The predicted molar refractivity (Wildman–Crippen MR) is 48.5 cm³/mol. The number of pyridine rings is 1. The first-order chi connectivity index (χ1) is 6.97. The molecule has 0 saturated heterocycles. The minimum atomic E-state index is -2.96. The van der Waals surface area contributed by atoms with E-state index < -0.39 is 23.1 Å².